The first-order valence-electron chi connectivity index (χ1n) is 2.41. The monoisotopic (exact) mass is 115 g/mol. The van der Waals surface area contributed by atoms with Crippen LogP contribution in [0, 0.1) is 0 Å². The molecule has 48 valence electrons. The van der Waals surface area contributed by atoms with Crippen LogP contribution < -0.4 is 5.32 Å². The van der Waals surface area contributed by atoms with Gasteiger partial charge in [-0.3, -0.25) is 4.79 Å². The fourth-order valence-electron chi connectivity index (χ4n) is 0.249. The average molecular weight is 115 g/mol. The second-order valence-electron chi connectivity index (χ2n) is 1.23. The first kappa shape index (κ1) is 10.4. The van der Waals surface area contributed by atoms with Gasteiger partial charge in [0.1, 0.15) is 5.78 Å². The summed E-state index contributed by atoms with van der Waals surface area (Å²) in [7, 11) is 1.75. The summed E-state index contributed by atoms with van der Waals surface area (Å²) in [4.78, 5) is 9.98. The van der Waals surface area contributed by atoms with Crippen molar-refractivity contribution in [3.63, 3.8) is 0 Å². The van der Waals surface area contributed by atoms with Gasteiger partial charge in [0.2, 0.25) is 0 Å². The first-order valence-corrected chi connectivity index (χ1v) is 2.41. The Bertz CT molecular complexity index is 61.5. The van der Waals surface area contributed by atoms with Gasteiger partial charge in [-0.1, -0.05) is 0 Å². The molecule has 0 atom stereocenters. The summed E-state index contributed by atoms with van der Waals surface area (Å²) in [6, 6.07) is 0. The Labute approximate surface area is 50.6 Å². The fraction of sp³-hybridized carbons (Fsp3) is 0.500. The van der Waals surface area contributed by atoms with Crippen molar-refractivity contribution in [1.29, 1.82) is 0 Å². The lowest BCUT2D eigenvalue weighted by atomic mass is 10.5. The molecule has 0 aromatic heterocycles. The molecule has 0 radical (unpaired) electrons. The highest BCUT2D eigenvalue weighted by molar-refractivity contribution is 5.77. The van der Waals surface area contributed by atoms with Crippen LogP contribution >= 0.6 is 0 Å². The normalized spacial score (nSPS) is 6.75. The van der Waals surface area contributed by atoms with Crippen LogP contribution in [0.25, 0.3) is 0 Å². The highest BCUT2D eigenvalue weighted by Gasteiger charge is 1.82. The van der Waals surface area contributed by atoms with Crippen LogP contribution in [0.3, 0.4) is 0 Å². The number of carbonyl (C=O) groups excluding carboxylic acids is 1. The summed E-state index contributed by atoms with van der Waals surface area (Å²) in [5, 5.41) is 2.72. The molecular formula is C6H13NO. The summed E-state index contributed by atoms with van der Waals surface area (Å²) in [6.45, 7) is 8.04. The zero-order valence-electron chi connectivity index (χ0n) is 5.53. The summed E-state index contributed by atoms with van der Waals surface area (Å²) in [6.07, 6.45) is 0. The molecule has 0 unspecified atom stereocenters. The number of hydrogen-bond donors (Lipinski definition) is 1. The van der Waals surface area contributed by atoms with E-state index in [1.165, 1.54) is 0 Å². The fourth-order valence-corrected chi connectivity index (χ4v) is 0.249. The average Bonchev–Trinajstić information content (AvgIpc) is 1.72. The SMILES string of the molecule is C=C.CNCC(C)=O. The maximum Gasteiger partial charge on any atom is 0.143 e. The van der Waals surface area contributed by atoms with Gasteiger partial charge >= 0.3 is 0 Å². The van der Waals surface area contributed by atoms with E-state index < -0.39 is 0 Å². The lowest BCUT2D eigenvalue weighted by Gasteiger charge is -1.85. The van der Waals surface area contributed by atoms with E-state index in [-0.39, 0.29) is 5.78 Å². The van der Waals surface area contributed by atoms with Crippen LogP contribution in [0.5, 0.6) is 0 Å². The maximum atomic E-state index is 9.98. The second kappa shape index (κ2) is 9.62. The highest BCUT2D eigenvalue weighted by atomic mass is 16.1. The minimum Gasteiger partial charge on any atom is -0.313 e. The number of nitrogens with one attached hydrogen (secondary N) is 1. The third-order valence-corrected chi connectivity index (χ3v) is 0.426. The molecule has 0 aromatic rings. The van der Waals surface area contributed by atoms with Crippen LogP contribution in [0.15, 0.2) is 13.2 Å². The molecular weight excluding hydrogens is 102 g/mol. The van der Waals surface area contributed by atoms with Crippen molar-refractivity contribution in [3.8, 4) is 0 Å². The minimum atomic E-state index is 0.178. The maximum absolute atomic E-state index is 9.98. The predicted octanol–water partition coefficient (Wildman–Crippen LogP) is 0.597. The summed E-state index contributed by atoms with van der Waals surface area (Å²) < 4.78 is 0. The molecule has 0 bridgehead atoms. The Morgan fingerprint density at radius 1 is 1.62 bits per heavy atom. The minimum absolute atomic E-state index is 0.178. The van der Waals surface area contributed by atoms with Crippen molar-refractivity contribution in [3.05, 3.63) is 13.2 Å². The molecule has 8 heavy (non-hydrogen) atoms. The van der Waals surface area contributed by atoms with Gasteiger partial charge in [-0.25, -0.2) is 0 Å². The number of likely N-dealkylation sites (N-methyl/N-ethyl adjacent to an activating group) is 1. The molecule has 0 aromatic carbocycles. The Morgan fingerprint density at radius 3 is 2.00 bits per heavy atom. The van der Waals surface area contributed by atoms with Crippen LogP contribution in [-0.4, -0.2) is 19.4 Å². The van der Waals surface area contributed by atoms with Gasteiger partial charge in [-0.2, -0.15) is 0 Å². The van der Waals surface area contributed by atoms with Crippen molar-refractivity contribution >= 4 is 5.78 Å². The molecule has 0 heterocycles. The topological polar surface area (TPSA) is 29.1 Å². The lowest BCUT2D eigenvalue weighted by Crippen LogP contribution is -2.14. The zero-order chi connectivity index (χ0) is 6.99. The van der Waals surface area contributed by atoms with Crippen LogP contribution in [0.4, 0.5) is 0 Å². The third-order valence-electron chi connectivity index (χ3n) is 0.426. The van der Waals surface area contributed by atoms with E-state index >= 15 is 0 Å². The molecule has 0 aliphatic carbocycles. The summed E-state index contributed by atoms with van der Waals surface area (Å²) >= 11 is 0. The standard InChI is InChI=1S/C4H9NO.C2H4/c1-4(6)3-5-2;1-2/h5H,3H2,1-2H3;1-2H2. The van der Waals surface area contributed by atoms with E-state index in [1.807, 2.05) is 0 Å². The number of hydrogen-bond acceptors (Lipinski definition) is 2. The van der Waals surface area contributed by atoms with Gasteiger partial charge in [-0.15, -0.1) is 13.2 Å². The molecule has 0 aliphatic rings. The van der Waals surface area contributed by atoms with Gasteiger partial charge in [0.05, 0.1) is 6.54 Å². The van der Waals surface area contributed by atoms with E-state index in [2.05, 4.69) is 18.5 Å². The Morgan fingerprint density at radius 2 is 2.00 bits per heavy atom. The van der Waals surface area contributed by atoms with Crippen molar-refractivity contribution in [2.24, 2.45) is 0 Å². The van der Waals surface area contributed by atoms with Crippen molar-refractivity contribution in [2.75, 3.05) is 13.6 Å². The molecule has 0 saturated carbocycles. The van der Waals surface area contributed by atoms with Gasteiger partial charge in [0.25, 0.3) is 0 Å². The second-order valence-corrected chi connectivity index (χ2v) is 1.23. The molecule has 0 spiro atoms. The molecule has 0 fully saturated rings. The van der Waals surface area contributed by atoms with Gasteiger partial charge < -0.3 is 5.32 Å². The largest absolute Gasteiger partial charge is 0.313 e. The van der Waals surface area contributed by atoms with E-state index in [0.29, 0.717) is 6.54 Å². The highest BCUT2D eigenvalue weighted by Crippen LogP contribution is 1.57. The molecule has 0 aliphatic heterocycles. The number of carbonyl (C=O) groups is 1. The summed E-state index contributed by atoms with van der Waals surface area (Å²) in [5.74, 6) is 0.178. The van der Waals surface area contributed by atoms with Crippen LogP contribution in [0.2, 0.25) is 0 Å². The molecule has 0 amide bonds. The first-order chi connectivity index (χ1) is 3.77. The molecule has 2 heteroatoms. The third kappa shape index (κ3) is 18.3. The van der Waals surface area contributed by atoms with Crippen molar-refractivity contribution < 1.29 is 4.79 Å². The zero-order valence-corrected chi connectivity index (χ0v) is 5.53. The smallest absolute Gasteiger partial charge is 0.143 e. The molecule has 2 nitrogen and oxygen atoms in total. The Kier molecular flexibility index (Phi) is 12.5. The van der Waals surface area contributed by atoms with Crippen LogP contribution in [-0.2, 0) is 4.79 Å². The Hall–Kier alpha value is -0.630. The summed E-state index contributed by atoms with van der Waals surface area (Å²) in [5.41, 5.74) is 0. The molecule has 1 N–H and O–H groups in total. The number of rotatable bonds is 2. The van der Waals surface area contributed by atoms with Gasteiger partial charge in [0.15, 0.2) is 0 Å². The van der Waals surface area contributed by atoms with Gasteiger partial charge in [-0.05, 0) is 14.0 Å². The van der Waals surface area contributed by atoms with E-state index in [4.69, 9.17) is 0 Å². The number of ketones is 1. The van der Waals surface area contributed by atoms with E-state index in [0.717, 1.165) is 0 Å². The van der Waals surface area contributed by atoms with E-state index in [9.17, 15) is 4.79 Å². The van der Waals surface area contributed by atoms with Crippen molar-refractivity contribution in [2.45, 2.75) is 6.92 Å². The van der Waals surface area contributed by atoms with Gasteiger partial charge in [0, 0.05) is 0 Å². The van der Waals surface area contributed by atoms with Crippen molar-refractivity contribution in [1.82, 2.24) is 5.32 Å². The van der Waals surface area contributed by atoms with E-state index in [1.54, 1.807) is 14.0 Å². The molecule has 0 saturated heterocycles. The predicted molar refractivity (Wildman–Crippen MR) is 35.9 cm³/mol. The Balaban J connectivity index is 0. The quantitative estimate of drug-likeness (QED) is 0.534. The lowest BCUT2D eigenvalue weighted by molar-refractivity contribution is -0.116. The van der Waals surface area contributed by atoms with Crippen LogP contribution in [0.1, 0.15) is 6.92 Å². The molecule has 0 rings (SSSR count). The number of Topliss-reactive ketones (excluding diaryl/α,β-unsaturated/α-hetero) is 1.